The molecule has 6 nitrogen and oxygen atoms in total. The van der Waals surface area contributed by atoms with Crippen LogP contribution in [0.3, 0.4) is 0 Å². The standard InChI is InChI=1S/C16H22N2O4/c1-12-8-9-14(18(20)21)13(11-12)7-5-6-10-17-15(19)22-16(2,3)4/h5,7-9,11H,6,10H2,1-4H3,(H,17,19). The molecule has 0 atom stereocenters. The number of alkyl carbamates (subject to hydrolysis) is 1. The van der Waals surface area contributed by atoms with E-state index in [1.165, 1.54) is 6.07 Å². The lowest BCUT2D eigenvalue weighted by atomic mass is 10.1. The fraction of sp³-hybridized carbons (Fsp3) is 0.438. The Morgan fingerprint density at radius 2 is 2.09 bits per heavy atom. The molecule has 0 aliphatic heterocycles. The van der Waals surface area contributed by atoms with E-state index in [0.717, 1.165) is 5.56 Å². The number of nitro benzene ring substituents is 1. The average molecular weight is 306 g/mol. The average Bonchev–Trinajstić information content (AvgIpc) is 2.35. The molecule has 0 saturated heterocycles. The zero-order chi connectivity index (χ0) is 16.8. The maximum atomic E-state index is 11.4. The molecule has 1 N–H and O–H groups in total. The molecule has 1 aromatic carbocycles. The van der Waals surface area contributed by atoms with Crippen LogP contribution in [0.5, 0.6) is 0 Å². The number of amides is 1. The first-order valence-corrected chi connectivity index (χ1v) is 7.07. The van der Waals surface area contributed by atoms with Crippen LogP contribution in [-0.4, -0.2) is 23.2 Å². The minimum Gasteiger partial charge on any atom is -0.444 e. The van der Waals surface area contributed by atoms with Gasteiger partial charge in [0.2, 0.25) is 0 Å². The van der Waals surface area contributed by atoms with E-state index in [1.54, 1.807) is 45.1 Å². The summed E-state index contributed by atoms with van der Waals surface area (Å²) < 4.78 is 5.11. The van der Waals surface area contributed by atoms with E-state index in [2.05, 4.69) is 5.32 Å². The highest BCUT2D eigenvalue weighted by Gasteiger charge is 2.15. The molecule has 1 rings (SSSR count). The van der Waals surface area contributed by atoms with Gasteiger partial charge in [-0.25, -0.2) is 4.79 Å². The number of hydrogen-bond donors (Lipinski definition) is 1. The fourth-order valence-electron chi connectivity index (χ4n) is 1.76. The lowest BCUT2D eigenvalue weighted by Crippen LogP contribution is -2.32. The first-order valence-electron chi connectivity index (χ1n) is 7.07. The Bertz CT molecular complexity index is 574. The van der Waals surface area contributed by atoms with Crippen molar-refractivity contribution in [2.24, 2.45) is 0 Å². The molecule has 22 heavy (non-hydrogen) atoms. The van der Waals surface area contributed by atoms with Gasteiger partial charge in [0.05, 0.1) is 10.5 Å². The molecule has 0 radical (unpaired) electrons. The number of nitrogens with one attached hydrogen (secondary N) is 1. The molecule has 0 aromatic heterocycles. The summed E-state index contributed by atoms with van der Waals surface area (Å²) in [6, 6.07) is 4.96. The number of ether oxygens (including phenoxy) is 1. The van der Waals surface area contributed by atoms with Gasteiger partial charge in [0.1, 0.15) is 5.60 Å². The molecule has 0 unspecified atom stereocenters. The number of aryl methyl sites for hydroxylation is 1. The Morgan fingerprint density at radius 3 is 2.68 bits per heavy atom. The molecule has 6 heteroatoms. The number of nitro groups is 1. The first kappa shape index (κ1) is 17.7. The molecular weight excluding hydrogens is 284 g/mol. The topological polar surface area (TPSA) is 81.5 Å². The van der Waals surface area contributed by atoms with Crippen LogP contribution in [0.25, 0.3) is 6.08 Å². The van der Waals surface area contributed by atoms with E-state index >= 15 is 0 Å². The predicted molar refractivity (Wildman–Crippen MR) is 85.7 cm³/mol. The van der Waals surface area contributed by atoms with Crippen molar-refractivity contribution in [1.29, 1.82) is 0 Å². The number of carbonyl (C=O) groups excluding carboxylic acids is 1. The van der Waals surface area contributed by atoms with Crippen molar-refractivity contribution in [3.63, 3.8) is 0 Å². The first-order chi connectivity index (χ1) is 10.2. The highest BCUT2D eigenvalue weighted by molar-refractivity contribution is 5.67. The van der Waals surface area contributed by atoms with E-state index in [1.807, 2.05) is 6.92 Å². The summed E-state index contributed by atoms with van der Waals surface area (Å²) in [6.07, 6.45) is 3.58. The van der Waals surface area contributed by atoms with Crippen molar-refractivity contribution in [1.82, 2.24) is 5.32 Å². The summed E-state index contributed by atoms with van der Waals surface area (Å²) in [5.74, 6) is 0. The summed E-state index contributed by atoms with van der Waals surface area (Å²) in [4.78, 5) is 22.0. The monoisotopic (exact) mass is 306 g/mol. The third-order valence-corrected chi connectivity index (χ3v) is 2.66. The van der Waals surface area contributed by atoms with Gasteiger partial charge in [-0.05, 0) is 40.2 Å². The van der Waals surface area contributed by atoms with Crippen LogP contribution in [0, 0.1) is 17.0 Å². The van der Waals surface area contributed by atoms with Gasteiger partial charge in [0.15, 0.2) is 0 Å². The second kappa shape index (κ2) is 7.59. The van der Waals surface area contributed by atoms with Crippen molar-refractivity contribution in [2.75, 3.05) is 6.54 Å². The van der Waals surface area contributed by atoms with Gasteiger partial charge in [-0.3, -0.25) is 10.1 Å². The predicted octanol–water partition coefficient (Wildman–Crippen LogP) is 3.83. The summed E-state index contributed by atoms with van der Waals surface area (Å²) >= 11 is 0. The van der Waals surface area contributed by atoms with Gasteiger partial charge in [0.25, 0.3) is 5.69 Å². The van der Waals surface area contributed by atoms with E-state index < -0.39 is 16.6 Å². The van der Waals surface area contributed by atoms with Crippen LogP contribution in [-0.2, 0) is 4.74 Å². The Hall–Kier alpha value is -2.37. The van der Waals surface area contributed by atoms with Crippen LogP contribution >= 0.6 is 0 Å². The zero-order valence-electron chi connectivity index (χ0n) is 13.4. The van der Waals surface area contributed by atoms with Crippen LogP contribution in [0.15, 0.2) is 24.3 Å². The molecule has 0 aliphatic carbocycles. The van der Waals surface area contributed by atoms with Gasteiger partial charge in [-0.15, -0.1) is 0 Å². The van der Waals surface area contributed by atoms with Crippen LogP contribution in [0.2, 0.25) is 0 Å². The minimum atomic E-state index is -0.526. The molecule has 0 heterocycles. The van der Waals surface area contributed by atoms with Crippen LogP contribution in [0.1, 0.15) is 38.3 Å². The van der Waals surface area contributed by atoms with Gasteiger partial charge in [-0.2, -0.15) is 0 Å². The number of rotatable bonds is 5. The zero-order valence-corrected chi connectivity index (χ0v) is 13.4. The maximum Gasteiger partial charge on any atom is 0.407 e. The van der Waals surface area contributed by atoms with E-state index in [4.69, 9.17) is 4.74 Å². The Kier molecular flexibility index (Phi) is 6.10. The summed E-state index contributed by atoms with van der Waals surface area (Å²) in [5, 5.41) is 13.6. The number of nitrogens with zero attached hydrogens (tertiary/aromatic N) is 1. The van der Waals surface area contributed by atoms with Crippen LogP contribution < -0.4 is 5.32 Å². The molecule has 1 aromatic rings. The van der Waals surface area contributed by atoms with Gasteiger partial charge in [-0.1, -0.05) is 23.8 Å². The van der Waals surface area contributed by atoms with Gasteiger partial charge >= 0.3 is 6.09 Å². The summed E-state index contributed by atoms with van der Waals surface area (Å²) in [6.45, 7) is 7.67. The fourth-order valence-corrected chi connectivity index (χ4v) is 1.76. The Labute approximate surface area is 130 Å². The quantitative estimate of drug-likeness (QED) is 0.509. The molecule has 0 aliphatic rings. The molecule has 120 valence electrons. The molecule has 0 spiro atoms. The maximum absolute atomic E-state index is 11.4. The number of hydrogen-bond acceptors (Lipinski definition) is 4. The molecule has 0 saturated carbocycles. The smallest absolute Gasteiger partial charge is 0.407 e. The lowest BCUT2D eigenvalue weighted by molar-refractivity contribution is -0.385. The van der Waals surface area contributed by atoms with Gasteiger partial charge in [0, 0.05) is 12.6 Å². The largest absolute Gasteiger partial charge is 0.444 e. The molecular formula is C16H22N2O4. The third kappa shape index (κ3) is 6.39. The third-order valence-electron chi connectivity index (χ3n) is 2.66. The lowest BCUT2D eigenvalue weighted by Gasteiger charge is -2.19. The second-order valence-corrected chi connectivity index (χ2v) is 5.94. The summed E-state index contributed by atoms with van der Waals surface area (Å²) in [5.41, 5.74) is 1.06. The highest BCUT2D eigenvalue weighted by atomic mass is 16.6. The van der Waals surface area contributed by atoms with Crippen molar-refractivity contribution in [3.05, 3.63) is 45.5 Å². The number of benzene rings is 1. The number of carbonyl (C=O) groups is 1. The summed E-state index contributed by atoms with van der Waals surface area (Å²) in [7, 11) is 0. The van der Waals surface area contributed by atoms with E-state index in [-0.39, 0.29) is 5.69 Å². The Morgan fingerprint density at radius 1 is 1.41 bits per heavy atom. The normalized spacial score (nSPS) is 11.5. The van der Waals surface area contributed by atoms with Crippen molar-refractivity contribution in [2.45, 2.75) is 39.7 Å². The SMILES string of the molecule is Cc1ccc([N+](=O)[O-])c(C=CCCNC(=O)OC(C)(C)C)c1. The van der Waals surface area contributed by atoms with E-state index in [0.29, 0.717) is 18.5 Å². The second-order valence-electron chi connectivity index (χ2n) is 5.94. The van der Waals surface area contributed by atoms with Crippen molar-refractivity contribution in [3.8, 4) is 0 Å². The molecule has 1 amide bonds. The minimum absolute atomic E-state index is 0.0713. The molecule has 0 fully saturated rings. The highest BCUT2D eigenvalue weighted by Crippen LogP contribution is 2.21. The van der Waals surface area contributed by atoms with Crippen molar-refractivity contribution < 1.29 is 14.5 Å². The Balaban J connectivity index is 2.52. The van der Waals surface area contributed by atoms with Crippen LogP contribution in [0.4, 0.5) is 10.5 Å². The van der Waals surface area contributed by atoms with E-state index in [9.17, 15) is 14.9 Å². The van der Waals surface area contributed by atoms with Gasteiger partial charge < -0.3 is 10.1 Å². The molecule has 0 bridgehead atoms. The van der Waals surface area contributed by atoms with Crippen molar-refractivity contribution >= 4 is 17.9 Å².